The minimum absolute atomic E-state index is 0.0315. The Morgan fingerprint density at radius 3 is 2.33 bits per heavy atom. The van der Waals surface area contributed by atoms with Crippen LogP contribution >= 0.6 is 11.6 Å². The standard InChI is InChI=1S/C29H32ClN3O6/c1-38-24-11-7-20(8-12-24)15-16-31-29(37)28(33-26(34)19-21-4-2-5-22(30)18-21)32-23-9-13-25(14-10-23)39-17-3-6-27(35)36/h2,4-5,7-14,18,28,32H,3,6,15-17,19H2,1H3,(H,31,37)(H,33,34)(H,35,36). The largest absolute Gasteiger partial charge is 0.497 e. The van der Waals surface area contributed by atoms with Crippen LogP contribution in [0, 0.1) is 0 Å². The van der Waals surface area contributed by atoms with Gasteiger partial charge in [-0.3, -0.25) is 14.4 Å². The monoisotopic (exact) mass is 553 g/mol. The molecule has 0 bridgehead atoms. The van der Waals surface area contributed by atoms with Gasteiger partial charge in [-0.15, -0.1) is 0 Å². The first-order chi connectivity index (χ1) is 18.8. The Hall–Kier alpha value is -4.24. The van der Waals surface area contributed by atoms with Crippen LogP contribution in [0.25, 0.3) is 0 Å². The number of carbonyl (C=O) groups excluding carboxylic acids is 2. The Morgan fingerprint density at radius 1 is 0.949 bits per heavy atom. The molecule has 4 N–H and O–H groups in total. The highest BCUT2D eigenvalue weighted by atomic mass is 35.5. The highest BCUT2D eigenvalue weighted by Crippen LogP contribution is 2.17. The molecule has 0 spiro atoms. The Balaban J connectivity index is 1.61. The molecule has 3 rings (SSSR count). The number of aliphatic carboxylic acids is 1. The van der Waals surface area contributed by atoms with Crippen molar-refractivity contribution in [3.8, 4) is 11.5 Å². The fourth-order valence-corrected chi connectivity index (χ4v) is 3.88. The van der Waals surface area contributed by atoms with E-state index < -0.39 is 18.0 Å². The molecular formula is C29H32ClN3O6. The predicted octanol–water partition coefficient (Wildman–Crippen LogP) is 4.05. The average molecular weight is 554 g/mol. The summed E-state index contributed by atoms with van der Waals surface area (Å²) in [5.41, 5.74) is 2.35. The molecule has 3 aromatic carbocycles. The highest BCUT2D eigenvalue weighted by Gasteiger charge is 2.21. The van der Waals surface area contributed by atoms with E-state index in [1.165, 1.54) is 0 Å². The number of ether oxygens (including phenoxy) is 2. The fraction of sp³-hybridized carbons (Fsp3) is 0.276. The molecule has 0 aliphatic rings. The van der Waals surface area contributed by atoms with Crippen LogP contribution < -0.4 is 25.4 Å². The minimum atomic E-state index is -1.03. The second kappa shape index (κ2) is 15.2. The third-order valence-corrected chi connectivity index (χ3v) is 5.90. The second-order valence-corrected chi connectivity index (χ2v) is 9.15. The maximum atomic E-state index is 13.1. The van der Waals surface area contributed by atoms with Gasteiger partial charge < -0.3 is 30.5 Å². The average Bonchev–Trinajstić information content (AvgIpc) is 2.92. The zero-order chi connectivity index (χ0) is 28.0. The van der Waals surface area contributed by atoms with Crippen molar-refractivity contribution in [2.75, 3.05) is 25.6 Å². The number of carboxylic acids is 1. The molecule has 39 heavy (non-hydrogen) atoms. The third-order valence-electron chi connectivity index (χ3n) is 5.66. The summed E-state index contributed by atoms with van der Waals surface area (Å²) in [7, 11) is 1.60. The molecule has 3 aromatic rings. The fourth-order valence-electron chi connectivity index (χ4n) is 3.66. The summed E-state index contributed by atoms with van der Waals surface area (Å²) in [5.74, 6) is -0.290. The van der Waals surface area contributed by atoms with Crippen molar-refractivity contribution in [3.05, 3.63) is 88.9 Å². The number of halogens is 1. The molecule has 0 radical (unpaired) electrons. The second-order valence-electron chi connectivity index (χ2n) is 8.71. The van der Waals surface area contributed by atoms with E-state index in [0.717, 1.165) is 16.9 Å². The summed E-state index contributed by atoms with van der Waals surface area (Å²) in [6.07, 6.45) is 0.0551. The number of hydrogen-bond donors (Lipinski definition) is 4. The normalized spacial score (nSPS) is 11.2. The molecule has 1 atom stereocenters. The molecule has 0 saturated carbocycles. The van der Waals surface area contributed by atoms with Gasteiger partial charge in [-0.2, -0.15) is 0 Å². The van der Waals surface area contributed by atoms with Crippen molar-refractivity contribution < 1.29 is 29.0 Å². The van der Waals surface area contributed by atoms with Crippen LogP contribution in [0.5, 0.6) is 11.5 Å². The van der Waals surface area contributed by atoms with E-state index in [1.807, 2.05) is 24.3 Å². The molecule has 9 nitrogen and oxygen atoms in total. The zero-order valence-corrected chi connectivity index (χ0v) is 22.4. The molecule has 0 aromatic heterocycles. The highest BCUT2D eigenvalue weighted by molar-refractivity contribution is 6.30. The quantitative estimate of drug-likeness (QED) is 0.165. The van der Waals surface area contributed by atoms with Crippen LogP contribution in [0.4, 0.5) is 5.69 Å². The Labute approximate surface area is 232 Å². The first kappa shape index (κ1) is 29.3. The molecule has 0 heterocycles. The van der Waals surface area contributed by atoms with E-state index in [2.05, 4.69) is 16.0 Å². The number of benzene rings is 3. The van der Waals surface area contributed by atoms with Gasteiger partial charge in [0.25, 0.3) is 5.91 Å². The Kier molecular flexibility index (Phi) is 11.5. The van der Waals surface area contributed by atoms with Gasteiger partial charge in [-0.1, -0.05) is 35.9 Å². The van der Waals surface area contributed by atoms with Crippen molar-refractivity contribution in [1.82, 2.24) is 10.6 Å². The smallest absolute Gasteiger partial charge is 0.303 e. The zero-order valence-electron chi connectivity index (χ0n) is 21.6. The molecule has 1 unspecified atom stereocenters. The van der Waals surface area contributed by atoms with Crippen molar-refractivity contribution in [3.63, 3.8) is 0 Å². The van der Waals surface area contributed by atoms with Crippen LogP contribution in [0.2, 0.25) is 5.02 Å². The topological polar surface area (TPSA) is 126 Å². The lowest BCUT2D eigenvalue weighted by molar-refractivity contribution is -0.137. The van der Waals surface area contributed by atoms with E-state index in [1.54, 1.807) is 55.6 Å². The van der Waals surface area contributed by atoms with E-state index in [-0.39, 0.29) is 25.4 Å². The lowest BCUT2D eigenvalue weighted by Crippen LogP contribution is -2.52. The van der Waals surface area contributed by atoms with Gasteiger partial charge in [0.15, 0.2) is 6.17 Å². The maximum absolute atomic E-state index is 13.1. The molecule has 206 valence electrons. The number of rotatable bonds is 15. The number of hydrogen-bond acceptors (Lipinski definition) is 6. The Bertz CT molecular complexity index is 1230. The van der Waals surface area contributed by atoms with Crippen molar-refractivity contribution in [2.24, 2.45) is 0 Å². The van der Waals surface area contributed by atoms with Gasteiger partial charge in [-0.25, -0.2) is 0 Å². The van der Waals surface area contributed by atoms with Gasteiger partial charge in [0.1, 0.15) is 11.5 Å². The summed E-state index contributed by atoms with van der Waals surface area (Å²) < 4.78 is 10.7. The van der Waals surface area contributed by atoms with Crippen LogP contribution in [0.1, 0.15) is 24.0 Å². The molecule has 10 heteroatoms. The number of nitrogens with one attached hydrogen (secondary N) is 3. The van der Waals surface area contributed by atoms with Crippen LogP contribution in [0.15, 0.2) is 72.8 Å². The number of carboxylic acid groups (broad SMARTS) is 1. The van der Waals surface area contributed by atoms with Gasteiger partial charge in [0.2, 0.25) is 5.91 Å². The van der Waals surface area contributed by atoms with Gasteiger partial charge in [0, 0.05) is 23.7 Å². The predicted molar refractivity (Wildman–Crippen MR) is 149 cm³/mol. The summed E-state index contributed by atoms with van der Waals surface area (Å²) >= 11 is 6.03. The van der Waals surface area contributed by atoms with Crippen molar-refractivity contribution >= 4 is 35.1 Å². The Morgan fingerprint density at radius 2 is 1.67 bits per heavy atom. The van der Waals surface area contributed by atoms with E-state index in [0.29, 0.717) is 35.8 Å². The molecular weight excluding hydrogens is 522 g/mol. The minimum Gasteiger partial charge on any atom is -0.497 e. The van der Waals surface area contributed by atoms with Gasteiger partial charge >= 0.3 is 5.97 Å². The third kappa shape index (κ3) is 10.6. The molecule has 2 amide bonds. The van der Waals surface area contributed by atoms with Gasteiger partial charge in [0.05, 0.1) is 20.1 Å². The number of methoxy groups -OCH3 is 1. The molecule has 0 fully saturated rings. The van der Waals surface area contributed by atoms with Crippen LogP contribution in [-0.4, -0.2) is 49.3 Å². The number of carbonyl (C=O) groups is 3. The van der Waals surface area contributed by atoms with Crippen LogP contribution in [-0.2, 0) is 27.2 Å². The summed E-state index contributed by atoms with van der Waals surface area (Å²) in [4.78, 5) is 36.5. The summed E-state index contributed by atoms with van der Waals surface area (Å²) in [5, 5.41) is 17.9. The van der Waals surface area contributed by atoms with E-state index >= 15 is 0 Å². The lowest BCUT2D eigenvalue weighted by atomic mass is 10.1. The number of amides is 2. The first-order valence-electron chi connectivity index (χ1n) is 12.5. The maximum Gasteiger partial charge on any atom is 0.303 e. The SMILES string of the molecule is COc1ccc(CCNC(=O)C(NC(=O)Cc2cccc(Cl)c2)Nc2ccc(OCCCC(=O)O)cc2)cc1. The lowest BCUT2D eigenvalue weighted by Gasteiger charge is -2.21. The first-order valence-corrected chi connectivity index (χ1v) is 12.9. The van der Waals surface area contributed by atoms with Crippen molar-refractivity contribution in [2.45, 2.75) is 31.8 Å². The number of anilines is 1. The van der Waals surface area contributed by atoms with Crippen molar-refractivity contribution in [1.29, 1.82) is 0 Å². The van der Waals surface area contributed by atoms with E-state index in [4.69, 9.17) is 26.2 Å². The van der Waals surface area contributed by atoms with Crippen LogP contribution in [0.3, 0.4) is 0 Å². The molecule has 0 aliphatic heterocycles. The molecule has 0 saturated heterocycles. The summed E-state index contributed by atoms with van der Waals surface area (Å²) in [6, 6.07) is 21.4. The van der Waals surface area contributed by atoms with E-state index in [9.17, 15) is 14.4 Å². The molecule has 0 aliphatic carbocycles. The summed E-state index contributed by atoms with van der Waals surface area (Å²) in [6.45, 7) is 0.647. The van der Waals surface area contributed by atoms with Gasteiger partial charge in [-0.05, 0) is 72.5 Å².